The minimum atomic E-state index is -0.354. The predicted molar refractivity (Wildman–Crippen MR) is 100 cm³/mol. The SMILES string of the molecule is CC(N/C=C(/C#N)C(=O)NCC1CCCO1)c1ccc2c(c1)CCCC2. The number of carbonyl (C=O) groups excluding carboxylic acids is 1. The second kappa shape index (κ2) is 8.86. The van der Waals surface area contributed by atoms with E-state index in [0.29, 0.717) is 6.54 Å². The number of ether oxygens (including phenoxy) is 1. The normalized spacial score (nSPS) is 20.8. The van der Waals surface area contributed by atoms with Gasteiger partial charge in [0.05, 0.1) is 6.10 Å². The highest BCUT2D eigenvalue weighted by atomic mass is 16.5. The lowest BCUT2D eigenvalue weighted by Gasteiger charge is -2.19. The number of nitrogens with zero attached hydrogens (tertiary/aromatic N) is 1. The fraction of sp³-hybridized carbons (Fsp3) is 0.524. The molecule has 26 heavy (non-hydrogen) atoms. The van der Waals surface area contributed by atoms with Gasteiger partial charge in [-0.2, -0.15) is 5.26 Å². The molecule has 1 heterocycles. The third-order valence-electron chi connectivity index (χ3n) is 5.23. The Hall–Kier alpha value is -2.32. The van der Waals surface area contributed by atoms with Crippen LogP contribution in [0.1, 0.15) is 55.3 Å². The molecule has 5 heteroatoms. The molecule has 0 aromatic heterocycles. The molecule has 5 nitrogen and oxygen atoms in total. The third-order valence-corrected chi connectivity index (χ3v) is 5.23. The van der Waals surface area contributed by atoms with E-state index >= 15 is 0 Å². The molecule has 2 N–H and O–H groups in total. The number of hydrogen-bond donors (Lipinski definition) is 2. The maximum Gasteiger partial charge on any atom is 0.263 e. The van der Waals surface area contributed by atoms with E-state index in [9.17, 15) is 10.1 Å². The van der Waals surface area contributed by atoms with Crippen LogP contribution < -0.4 is 10.6 Å². The van der Waals surface area contributed by atoms with Crippen LogP contribution in [0.3, 0.4) is 0 Å². The van der Waals surface area contributed by atoms with Crippen LogP contribution >= 0.6 is 0 Å². The Kier molecular flexibility index (Phi) is 6.30. The summed E-state index contributed by atoms with van der Waals surface area (Å²) in [6.45, 7) is 3.25. The van der Waals surface area contributed by atoms with Gasteiger partial charge in [0, 0.05) is 25.4 Å². The summed E-state index contributed by atoms with van der Waals surface area (Å²) in [4.78, 5) is 12.2. The van der Waals surface area contributed by atoms with Crippen LogP contribution in [-0.2, 0) is 22.4 Å². The van der Waals surface area contributed by atoms with Crippen LogP contribution in [-0.4, -0.2) is 25.2 Å². The lowest BCUT2D eigenvalue weighted by Crippen LogP contribution is -2.33. The van der Waals surface area contributed by atoms with Crippen LogP contribution in [0.4, 0.5) is 0 Å². The molecule has 0 spiro atoms. The van der Waals surface area contributed by atoms with E-state index < -0.39 is 0 Å². The molecule has 0 saturated carbocycles. The third kappa shape index (κ3) is 4.64. The van der Waals surface area contributed by atoms with Crippen molar-refractivity contribution in [2.45, 2.75) is 57.6 Å². The molecular formula is C21H27N3O2. The molecule has 138 valence electrons. The Morgan fingerprint density at radius 1 is 1.35 bits per heavy atom. The number of rotatable bonds is 6. The topological polar surface area (TPSA) is 74.2 Å². The van der Waals surface area contributed by atoms with Crippen LogP contribution in [0.15, 0.2) is 30.0 Å². The number of nitrogens with one attached hydrogen (secondary N) is 2. The average Bonchev–Trinajstić information content (AvgIpc) is 3.20. The fourth-order valence-corrected chi connectivity index (χ4v) is 3.58. The van der Waals surface area contributed by atoms with Crippen molar-refractivity contribution in [3.63, 3.8) is 0 Å². The van der Waals surface area contributed by atoms with Gasteiger partial charge in [0.1, 0.15) is 11.6 Å². The van der Waals surface area contributed by atoms with Crippen molar-refractivity contribution in [3.05, 3.63) is 46.7 Å². The first-order chi connectivity index (χ1) is 12.7. The second-order valence-corrected chi connectivity index (χ2v) is 7.14. The molecular weight excluding hydrogens is 326 g/mol. The maximum atomic E-state index is 12.2. The van der Waals surface area contributed by atoms with Gasteiger partial charge in [0.2, 0.25) is 0 Å². The molecule has 2 unspecified atom stereocenters. The smallest absolute Gasteiger partial charge is 0.263 e. The lowest BCUT2D eigenvalue weighted by molar-refractivity contribution is -0.117. The van der Waals surface area contributed by atoms with Gasteiger partial charge in [-0.05, 0) is 62.1 Å². The van der Waals surface area contributed by atoms with Gasteiger partial charge in [0.15, 0.2) is 0 Å². The van der Waals surface area contributed by atoms with Crippen LogP contribution in [0.5, 0.6) is 0 Å². The van der Waals surface area contributed by atoms with E-state index in [4.69, 9.17) is 4.74 Å². The summed E-state index contributed by atoms with van der Waals surface area (Å²) in [5.74, 6) is -0.354. The summed E-state index contributed by atoms with van der Waals surface area (Å²) in [5.41, 5.74) is 4.15. The highest BCUT2D eigenvalue weighted by Crippen LogP contribution is 2.24. The molecule has 1 amide bonds. The Balaban J connectivity index is 1.57. The molecule has 1 fully saturated rings. The Morgan fingerprint density at radius 2 is 2.15 bits per heavy atom. The molecule has 2 aliphatic rings. The lowest BCUT2D eigenvalue weighted by atomic mass is 9.89. The number of amides is 1. The van der Waals surface area contributed by atoms with E-state index in [2.05, 4.69) is 28.8 Å². The van der Waals surface area contributed by atoms with Gasteiger partial charge in [0.25, 0.3) is 5.91 Å². The predicted octanol–water partition coefficient (Wildman–Crippen LogP) is 2.92. The van der Waals surface area contributed by atoms with E-state index in [1.807, 2.05) is 13.0 Å². The van der Waals surface area contributed by atoms with E-state index in [-0.39, 0.29) is 23.6 Å². The number of fused-ring (bicyclic) bond motifs is 1. The highest BCUT2D eigenvalue weighted by molar-refractivity contribution is 5.97. The Labute approximate surface area is 155 Å². The summed E-state index contributed by atoms with van der Waals surface area (Å²) in [7, 11) is 0. The molecule has 1 aliphatic heterocycles. The van der Waals surface area contributed by atoms with Crippen molar-refractivity contribution in [2.75, 3.05) is 13.2 Å². The molecule has 1 saturated heterocycles. The Morgan fingerprint density at radius 3 is 2.88 bits per heavy atom. The van der Waals surface area contributed by atoms with E-state index in [1.54, 1.807) is 0 Å². The van der Waals surface area contributed by atoms with Gasteiger partial charge in [-0.15, -0.1) is 0 Å². The monoisotopic (exact) mass is 353 g/mol. The molecule has 3 rings (SSSR count). The fourth-order valence-electron chi connectivity index (χ4n) is 3.58. The number of aryl methyl sites for hydroxylation is 2. The van der Waals surface area contributed by atoms with Gasteiger partial charge in [-0.3, -0.25) is 4.79 Å². The first-order valence-electron chi connectivity index (χ1n) is 9.55. The molecule has 0 bridgehead atoms. The molecule has 1 aromatic carbocycles. The summed E-state index contributed by atoms with van der Waals surface area (Å²) in [6.07, 6.45) is 8.41. The van der Waals surface area contributed by atoms with Gasteiger partial charge >= 0.3 is 0 Å². The molecule has 2 atom stereocenters. The van der Waals surface area contributed by atoms with Crippen molar-refractivity contribution in [1.82, 2.24) is 10.6 Å². The van der Waals surface area contributed by atoms with Crippen LogP contribution in [0.2, 0.25) is 0 Å². The highest BCUT2D eigenvalue weighted by Gasteiger charge is 2.18. The molecule has 0 radical (unpaired) electrons. The minimum Gasteiger partial charge on any atom is -0.383 e. The van der Waals surface area contributed by atoms with E-state index in [1.165, 1.54) is 42.2 Å². The Bertz CT molecular complexity index is 714. The van der Waals surface area contributed by atoms with Gasteiger partial charge in [-0.1, -0.05) is 18.2 Å². The largest absolute Gasteiger partial charge is 0.383 e. The first kappa shape index (κ1) is 18.5. The number of carbonyl (C=O) groups is 1. The summed E-state index contributed by atoms with van der Waals surface area (Å²) in [6, 6.07) is 8.62. The summed E-state index contributed by atoms with van der Waals surface area (Å²) in [5, 5.41) is 15.3. The summed E-state index contributed by atoms with van der Waals surface area (Å²) < 4.78 is 5.49. The standard InChI is InChI=1S/C21H27N3O2/c1-15(17-9-8-16-5-2-3-6-18(16)11-17)23-13-19(12-22)21(25)24-14-20-7-4-10-26-20/h8-9,11,13,15,20,23H,2-7,10,14H2,1H3,(H,24,25)/b19-13-. The van der Waals surface area contributed by atoms with Crippen LogP contribution in [0, 0.1) is 11.3 Å². The van der Waals surface area contributed by atoms with Gasteiger partial charge in [-0.25, -0.2) is 0 Å². The number of hydrogen-bond acceptors (Lipinski definition) is 4. The average molecular weight is 353 g/mol. The van der Waals surface area contributed by atoms with Crippen molar-refractivity contribution in [3.8, 4) is 6.07 Å². The zero-order valence-electron chi connectivity index (χ0n) is 15.4. The zero-order valence-corrected chi connectivity index (χ0v) is 15.4. The van der Waals surface area contributed by atoms with Crippen molar-refractivity contribution in [2.24, 2.45) is 0 Å². The number of nitriles is 1. The summed E-state index contributed by atoms with van der Waals surface area (Å²) >= 11 is 0. The minimum absolute atomic E-state index is 0.0385. The molecule has 1 aliphatic carbocycles. The van der Waals surface area contributed by atoms with Crippen LogP contribution in [0.25, 0.3) is 0 Å². The van der Waals surface area contributed by atoms with E-state index in [0.717, 1.165) is 25.9 Å². The van der Waals surface area contributed by atoms with Crippen molar-refractivity contribution in [1.29, 1.82) is 5.26 Å². The first-order valence-corrected chi connectivity index (χ1v) is 9.55. The number of benzene rings is 1. The van der Waals surface area contributed by atoms with Crippen molar-refractivity contribution >= 4 is 5.91 Å². The van der Waals surface area contributed by atoms with Crippen molar-refractivity contribution < 1.29 is 9.53 Å². The van der Waals surface area contributed by atoms with Gasteiger partial charge < -0.3 is 15.4 Å². The quantitative estimate of drug-likeness (QED) is 0.609. The zero-order chi connectivity index (χ0) is 18.4. The second-order valence-electron chi connectivity index (χ2n) is 7.14. The molecule has 1 aromatic rings. The maximum absolute atomic E-state index is 12.2.